The molecule has 5 heteroatoms. The second-order valence-electron chi connectivity index (χ2n) is 5.77. The van der Waals surface area contributed by atoms with Crippen LogP contribution in [0.4, 0.5) is 0 Å². The molecule has 1 N–H and O–H groups in total. The first kappa shape index (κ1) is 18.5. The van der Waals surface area contributed by atoms with Gasteiger partial charge in [-0.1, -0.05) is 52.2 Å². The number of hydrogen-bond acceptors (Lipinski definition) is 3. The summed E-state index contributed by atoms with van der Waals surface area (Å²) in [5.41, 5.74) is 2.94. The molecule has 21 heavy (non-hydrogen) atoms. The van der Waals surface area contributed by atoms with Crippen LogP contribution in [0.1, 0.15) is 33.3 Å². The van der Waals surface area contributed by atoms with Crippen molar-refractivity contribution in [3.8, 4) is 11.6 Å². The van der Waals surface area contributed by atoms with Crippen LogP contribution in [-0.2, 0) is 14.4 Å². The summed E-state index contributed by atoms with van der Waals surface area (Å²) >= 11 is 3.26. The summed E-state index contributed by atoms with van der Waals surface area (Å²) < 4.78 is 18.7. The lowest BCUT2D eigenvalue weighted by molar-refractivity contribution is 0.128. The van der Waals surface area contributed by atoms with Crippen LogP contribution in [0.15, 0.2) is 30.3 Å². The van der Waals surface area contributed by atoms with E-state index in [-0.39, 0.29) is 17.4 Å². The standard InChI is InChI=1S/C16H22BrO3P/c1-5-20-21(19,12-11-15(2,3)4)16(18,13-17)14-9-7-6-8-10-14/h6-10,18H,5,13H2,1-4H3/t16-,21-/m1/s1. The van der Waals surface area contributed by atoms with E-state index in [2.05, 4.69) is 27.5 Å². The highest BCUT2D eigenvalue weighted by molar-refractivity contribution is 9.09. The summed E-state index contributed by atoms with van der Waals surface area (Å²) in [4.78, 5) is 0. The zero-order valence-electron chi connectivity index (χ0n) is 12.9. The molecule has 0 aliphatic carbocycles. The summed E-state index contributed by atoms with van der Waals surface area (Å²) in [5.74, 6) is 2.94. The fraction of sp³-hybridized carbons (Fsp3) is 0.500. The number of aliphatic hydroxyl groups is 1. The van der Waals surface area contributed by atoms with Crippen LogP contribution >= 0.6 is 23.3 Å². The molecule has 1 rings (SSSR count). The van der Waals surface area contributed by atoms with E-state index in [0.29, 0.717) is 5.56 Å². The van der Waals surface area contributed by atoms with E-state index in [9.17, 15) is 9.67 Å². The molecule has 0 radical (unpaired) electrons. The molecule has 0 saturated carbocycles. The molecule has 0 aromatic heterocycles. The summed E-state index contributed by atoms with van der Waals surface area (Å²) in [6.07, 6.45) is 0. The first-order valence-corrected chi connectivity index (χ1v) is 9.56. The topological polar surface area (TPSA) is 46.5 Å². The quantitative estimate of drug-likeness (QED) is 0.468. The van der Waals surface area contributed by atoms with Crippen LogP contribution < -0.4 is 0 Å². The van der Waals surface area contributed by atoms with Gasteiger partial charge in [0.2, 0.25) is 0 Å². The molecular formula is C16H22BrO3P. The maximum Gasteiger partial charge on any atom is 0.309 e. The maximum atomic E-state index is 13.2. The number of alkyl halides is 1. The van der Waals surface area contributed by atoms with Crippen molar-refractivity contribution in [3.05, 3.63) is 35.9 Å². The van der Waals surface area contributed by atoms with E-state index in [1.54, 1.807) is 31.2 Å². The van der Waals surface area contributed by atoms with E-state index in [1.165, 1.54) is 0 Å². The van der Waals surface area contributed by atoms with E-state index in [0.717, 1.165) is 0 Å². The van der Waals surface area contributed by atoms with Crippen LogP contribution in [-0.4, -0.2) is 17.0 Å². The minimum Gasteiger partial charge on any atom is -0.374 e. The van der Waals surface area contributed by atoms with E-state index in [4.69, 9.17) is 4.52 Å². The van der Waals surface area contributed by atoms with E-state index < -0.39 is 12.7 Å². The van der Waals surface area contributed by atoms with E-state index >= 15 is 0 Å². The highest BCUT2D eigenvalue weighted by Crippen LogP contribution is 2.62. The third kappa shape index (κ3) is 4.44. The molecule has 1 aromatic rings. The van der Waals surface area contributed by atoms with Gasteiger partial charge in [0.05, 0.1) is 6.61 Å². The lowest BCUT2D eigenvalue weighted by atomic mass is 9.99. The van der Waals surface area contributed by atoms with Crippen molar-refractivity contribution in [2.24, 2.45) is 5.41 Å². The van der Waals surface area contributed by atoms with Crippen LogP contribution in [0.5, 0.6) is 0 Å². The molecule has 0 unspecified atom stereocenters. The molecule has 0 amide bonds. The Hall–Kier alpha value is -0.590. The van der Waals surface area contributed by atoms with Crippen LogP contribution in [0, 0.1) is 17.0 Å². The highest BCUT2D eigenvalue weighted by Gasteiger charge is 2.48. The van der Waals surface area contributed by atoms with Gasteiger partial charge in [-0.2, -0.15) is 0 Å². The molecule has 116 valence electrons. The van der Waals surface area contributed by atoms with Crippen molar-refractivity contribution in [3.63, 3.8) is 0 Å². The van der Waals surface area contributed by atoms with Crippen molar-refractivity contribution >= 4 is 23.3 Å². The fourth-order valence-electron chi connectivity index (χ4n) is 1.69. The van der Waals surface area contributed by atoms with Crippen LogP contribution in [0.2, 0.25) is 0 Å². The molecule has 0 saturated heterocycles. The van der Waals surface area contributed by atoms with Crippen LogP contribution in [0.3, 0.4) is 0 Å². The van der Waals surface area contributed by atoms with Crippen molar-refractivity contribution in [2.45, 2.75) is 33.0 Å². The molecule has 1 aromatic carbocycles. The highest BCUT2D eigenvalue weighted by atomic mass is 79.9. The molecule has 0 aliphatic rings. The predicted octanol–water partition coefficient (Wildman–Crippen LogP) is 4.55. The van der Waals surface area contributed by atoms with Gasteiger partial charge in [0.1, 0.15) is 0 Å². The number of benzene rings is 1. The summed E-state index contributed by atoms with van der Waals surface area (Å²) in [6, 6.07) is 8.87. The maximum absolute atomic E-state index is 13.2. The van der Waals surface area contributed by atoms with Crippen molar-refractivity contribution in [1.29, 1.82) is 0 Å². The molecular weight excluding hydrogens is 351 g/mol. The molecule has 0 spiro atoms. The SMILES string of the molecule is CCO[P@](=O)(C#CC(C)(C)C)[C@](O)(CBr)c1ccccc1. The third-order valence-corrected chi connectivity index (χ3v) is 6.46. The van der Waals surface area contributed by atoms with Crippen molar-refractivity contribution in [2.75, 3.05) is 11.9 Å². The summed E-state index contributed by atoms with van der Waals surface area (Å²) in [6.45, 7) is 7.73. The molecule has 0 fully saturated rings. The van der Waals surface area contributed by atoms with Crippen molar-refractivity contribution in [1.82, 2.24) is 0 Å². The van der Waals surface area contributed by atoms with Gasteiger partial charge in [-0.05, 0) is 38.9 Å². The first-order chi connectivity index (χ1) is 9.68. The number of rotatable bonds is 5. The normalized spacial score (nSPS) is 17.2. The Balaban J connectivity index is 3.42. The Labute approximate surface area is 135 Å². The molecule has 2 atom stereocenters. The molecule has 0 bridgehead atoms. The smallest absolute Gasteiger partial charge is 0.309 e. The lowest BCUT2D eigenvalue weighted by Gasteiger charge is -2.31. The lowest BCUT2D eigenvalue weighted by Crippen LogP contribution is -2.28. The largest absolute Gasteiger partial charge is 0.374 e. The minimum atomic E-state index is -3.61. The van der Waals surface area contributed by atoms with Crippen molar-refractivity contribution < 1.29 is 14.2 Å². The number of hydrogen-bond donors (Lipinski definition) is 1. The monoisotopic (exact) mass is 372 g/mol. The average Bonchev–Trinajstić information content (AvgIpc) is 2.44. The average molecular weight is 373 g/mol. The fourth-order valence-corrected chi connectivity index (χ4v) is 4.96. The Morgan fingerprint density at radius 1 is 1.29 bits per heavy atom. The minimum absolute atomic E-state index is 0.0834. The Morgan fingerprint density at radius 2 is 1.86 bits per heavy atom. The van der Waals surface area contributed by atoms with Gasteiger partial charge in [-0.15, -0.1) is 0 Å². The Bertz CT molecular complexity index is 569. The van der Waals surface area contributed by atoms with Gasteiger partial charge in [0, 0.05) is 10.7 Å². The van der Waals surface area contributed by atoms with Gasteiger partial charge in [-0.25, -0.2) is 0 Å². The molecule has 3 nitrogen and oxygen atoms in total. The first-order valence-electron chi connectivity index (χ1n) is 6.81. The predicted molar refractivity (Wildman–Crippen MR) is 90.6 cm³/mol. The summed E-state index contributed by atoms with van der Waals surface area (Å²) in [7, 11) is -3.61. The summed E-state index contributed by atoms with van der Waals surface area (Å²) in [5, 5.41) is 9.42. The second-order valence-corrected chi connectivity index (χ2v) is 8.66. The van der Waals surface area contributed by atoms with Gasteiger partial charge in [0.15, 0.2) is 5.34 Å². The Morgan fingerprint density at radius 3 is 2.29 bits per heavy atom. The van der Waals surface area contributed by atoms with E-state index in [1.807, 2.05) is 26.8 Å². The third-order valence-electron chi connectivity index (χ3n) is 2.80. The van der Waals surface area contributed by atoms with Gasteiger partial charge < -0.3 is 9.63 Å². The second kappa shape index (κ2) is 7.11. The Kier molecular flexibility index (Phi) is 6.25. The molecule has 0 aliphatic heterocycles. The zero-order chi connectivity index (χ0) is 16.1. The van der Waals surface area contributed by atoms with Crippen LogP contribution in [0.25, 0.3) is 0 Å². The molecule has 0 heterocycles. The van der Waals surface area contributed by atoms with Gasteiger partial charge in [-0.3, -0.25) is 4.57 Å². The number of halogens is 1. The van der Waals surface area contributed by atoms with Gasteiger partial charge in [0.25, 0.3) is 0 Å². The van der Waals surface area contributed by atoms with Gasteiger partial charge >= 0.3 is 7.37 Å². The zero-order valence-corrected chi connectivity index (χ0v) is 15.4.